The van der Waals surface area contributed by atoms with Gasteiger partial charge in [0, 0.05) is 18.4 Å². The van der Waals surface area contributed by atoms with Gasteiger partial charge in [-0.2, -0.15) is 5.10 Å². The molecule has 2 amide bonds. The molecule has 0 saturated carbocycles. The van der Waals surface area contributed by atoms with Gasteiger partial charge in [0.2, 0.25) is 5.91 Å². The predicted molar refractivity (Wildman–Crippen MR) is 86.8 cm³/mol. The molecule has 0 aliphatic carbocycles. The van der Waals surface area contributed by atoms with Crippen molar-refractivity contribution in [1.29, 1.82) is 0 Å². The van der Waals surface area contributed by atoms with Crippen molar-refractivity contribution in [3.05, 3.63) is 40.3 Å². The van der Waals surface area contributed by atoms with Crippen LogP contribution in [0.2, 0.25) is 0 Å². The van der Waals surface area contributed by atoms with E-state index in [0.29, 0.717) is 30.2 Å². The lowest BCUT2D eigenvalue weighted by atomic mass is 10.1. The molecule has 0 bridgehead atoms. The molecule has 1 aromatic carbocycles. The number of rotatable bonds is 5. The van der Waals surface area contributed by atoms with Gasteiger partial charge in [0.05, 0.1) is 5.39 Å². The smallest absolute Gasteiger partial charge is 0.273 e. The van der Waals surface area contributed by atoms with E-state index in [4.69, 9.17) is 0 Å². The molecule has 0 saturated heterocycles. The Kier molecular flexibility index (Phi) is 5.46. The zero-order chi connectivity index (χ0) is 16.8. The van der Waals surface area contributed by atoms with Gasteiger partial charge in [0.1, 0.15) is 0 Å². The number of benzene rings is 1. The van der Waals surface area contributed by atoms with Gasteiger partial charge in [-0.15, -0.1) is 0 Å². The van der Waals surface area contributed by atoms with Crippen molar-refractivity contribution in [2.24, 2.45) is 0 Å². The molecule has 23 heavy (non-hydrogen) atoms. The summed E-state index contributed by atoms with van der Waals surface area (Å²) in [7, 11) is 0. The fourth-order valence-corrected chi connectivity index (χ4v) is 2.24. The van der Waals surface area contributed by atoms with Crippen molar-refractivity contribution >= 4 is 22.6 Å². The van der Waals surface area contributed by atoms with Crippen LogP contribution < -0.4 is 16.4 Å². The third-order valence-corrected chi connectivity index (χ3v) is 3.31. The summed E-state index contributed by atoms with van der Waals surface area (Å²) in [6.07, 6.45) is 1.73. The Morgan fingerprint density at radius 2 is 1.78 bits per heavy atom. The summed E-state index contributed by atoms with van der Waals surface area (Å²) in [6.45, 7) is 4.22. The van der Waals surface area contributed by atoms with Crippen molar-refractivity contribution < 1.29 is 9.59 Å². The van der Waals surface area contributed by atoms with Gasteiger partial charge in [-0.3, -0.25) is 25.2 Å². The van der Waals surface area contributed by atoms with Crippen molar-refractivity contribution in [2.45, 2.75) is 39.7 Å². The van der Waals surface area contributed by atoms with Crippen LogP contribution in [0.5, 0.6) is 0 Å². The van der Waals surface area contributed by atoms with Crippen molar-refractivity contribution in [3.63, 3.8) is 0 Å². The number of nitrogens with one attached hydrogen (secondary N) is 2. The van der Waals surface area contributed by atoms with Gasteiger partial charge >= 0.3 is 0 Å². The van der Waals surface area contributed by atoms with E-state index >= 15 is 0 Å². The van der Waals surface area contributed by atoms with Gasteiger partial charge in [-0.05, 0) is 18.9 Å². The van der Waals surface area contributed by atoms with Gasteiger partial charge in [-0.1, -0.05) is 32.0 Å². The van der Waals surface area contributed by atoms with E-state index in [2.05, 4.69) is 16.0 Å². The average molecular weight is 316 g/mol. The normalized spacial score (nSPS) is 10.5. The van der Waals surface area contributed by atoms with Gasteiger partial charge in [0.25, 0.3) is 11.5 Å². The monoisotopic (exact) mass is 316 g/mol. The SMILES string of the molecule is CCCC(=O)NNC(=O)c1nn(CCC)c(=O)c2ccccc12. The van der Waals surface area contributed by atoms with E-state index in [1.54, 1.807) is 24.3 Å². The van der Waals surface area contributed by atoms with E-state index in [1.165, 1.54) is 4.68 Å². The van der Waals surface area contributed by atoms with E-state index in [1.807, 2.05) is 13.8 Å². The van der Waals surface area contributed by atoms with Crippen molar-refractivity contribution in [1.82, 2.24) is 20.6 Å². The van der Waals surface area contributed by atoms with E-state index in [-0.39, 0.29) is 17.2 Å². The van der Waals surface area contributed by atoms with Crippen LogP contribution in [0.1, 0.15) is 43.6 Å². The van der Waals surface area contributed by atoms with Crippen molar-refractivity contribution in [3.8, 4) is 0 Å². The molecule has 0 radical (unpaired) electrons. The van der Waals surface area contributed by atoms with Crippen LogP contribution in [0.4, 0.5) is 0 Å². The summed E-state index contributed by atoms with van der Waals surface area (Å²) in [5, 5.41) is 5.05. The first-order valence-electron chi connectivity index (χ1n) is 7.67. The first-order valence-corrected chi connectivity index (χ1v) is 7.67. The topological polar surface area (TPSA) is 93.1 Å². The number of aromatic nitrogens is 2. The fourth-order valence-electron chi connectivity index (χ4n) is 2.24. The van der Waals surface area contributed by atoms with Crippen LogP contribution in [0.15, 0.2) is 29.1 Å². The molecule has 0 aliphatic rings. The Morgan fingerprint density at radius 1 is 1.09 bits per heavy atom. The van der Waals surface area contributed by atoms with Crippen molar-refractivity contribution in [2.75, 3.05) is 0 Å². The highest BCUT2D eigenvalue weighted by molar-refractivity contribution is 6.05. The molecule has 2 N–H and O–H groups in total. The molecule has 2 aromatic rings. The maximum absolute atomic E-state index is 12.3. The molecule has 122 valence electrons. The third kappa shape index (κ3) is 3.74. The first kappa shape index (κ1) is 16.7. The zero-order valence-corrected chi connectivity index (χ0v) is 13.3. The number of hydrogen-bond donors (Lipinski definition) is 2. The molecular weight excluding hydrogens is 296 g/mol. The average Bonchev–Trinajstić information content (AvgIpc) is 2.56. The van der Waals surface area contributed by atoms with E-state index < -0.39 is 5.91 Å². The standard InChI is InChI=1S/C16H20N4O3/c1-3-7-13(21)17-18-15(22)14-11-8-5-6-9-12(11)16(23)20(19-14)10-4-2/h5-6,8-9H,3-4,7,10H2,1-2H3,(H,17,21)(H,18,22). The Balaban J connectivity index is 2.39. The van der Waals surface area contributed by atoms with Gasteiger partial charge in [0.15, 0.2) is 5.69 Å². The number of hydrazine groups is 1. The minimum absolute atomic E-state index is 0.116. The number of amides is 2. The highest BCUT2D eigenvalue weighted by atomic mass is 16.2. The van der Waals surface area contributed by atoms with Crippen LogP contribution in [-0.2, 0) is 11.3 Å². The lowest BCUT2D eigenvalue weighted by Gasteiger charge is -2.11. The largest absolute Gasteiger partial charge is 0.290 e. The molecular formula is C16H20N4O3. The maximum Gasteiger partial charge on any atom is 0.290 e. The Hall–Kier alpha value is -2.70. The second-order valence-electron chi connectivity index (χ2n) is 5.17. The number of fused-ring (bicyclic) bond motifs is 1. The molecule has 7 heteroatoms. The molecule has 0 aliphatic heterocycles. The minimum atomic E-state index is -0.546. The van der Waals surface area contributed by atoms with Gasteiger partial charge in [-0.25, -0.2) is 4.68 Å². The number of carbonyl (C=O) groups is 2. The lowest BCUT2D eigenvalue weighted by molar-refractivity contribution is -0.121. The summed E-state index contributed by atoms with van der Waals surface area (Å²) < 4.78 is 1.28. The Bertz CT molecular complexity index is 782. The van der Waals surface area contributed by atoms with Crippen LogP contribution in [0, 0.1) is 0 Å². The van der Waals surface area contributed by atoms with E-state index in [9.17, 15) is 14.4 Å². The first-order chi connectivity index (χ1) is 11.1. The van der Waals surface area contributed by atoms with E-state index in [0.717, 1.165) is 6.42 Å². The maximum atomic E-state index is 12.3. The number of carbonyl (C=O) groups excluding carboxylic acids is 2. The summed E-state index contributed by atoms with van der Waals surface area (Å²) in [5.41, 5.74) is 4.58. The summed E-state index contributed by atoms with van der Waals surface area (Å²) in [6, 6.07) is 6.81. The summed E-state index contributed by atoms with van der Waals surface area (Å²) in [4.78, 5) is 36.1. The third-order valence-electron chi connectivity index (χ3n) is 3.31. The number of nitrogens with zero attached hydrogens (tertiary/aromatic N) is 2. The van der Waals surface area contributed by atoms with Crippen LogP contribution in [0.25, 0.3) is 10.8 Å². The number of hydrogen-bond acceptors (Lipinski definition) is 4. The highest BCUT2D eigenvalue weighted by Crippen LogP contribution is 2.13. The highest BCUT2D eigenvalue weighted by Gasteiger charge is 2.16. The minimum Gasteiger partial charge on any atom is -0.273 e. The quantitative estimate of drug-likeness (QED) is 0.815. The molecule has 0 atom stereocenters. The Labute approximate surface area is 133 Å². The van der Waals surface area contributed by atoms with Gasteiger partial charge < -0.3 is 0 Å². The predicted octanol–water partition coefficient (Wildman–Crippen LogP) is 1.37. The lowest BCUT2D eigenvalue weighted by Crippen LogP contribution is -2.42. The Morgan fingerprint density at radius 3 is 2.43 bits per heavy atom. The number of aryl methyl sites for hydroxylation is 1. The fraction of sp³-hybridized carbons (Fsp3) is 0.375. The molecule has 1 heterocycles. The molecule has 2 rings (SSSR count). The molecule has 0 unspecified atom stereocenters. The molecule has 0 spiro atoms. The van der Waals surface area contributed by atoms with Crippen LogP contribution in [0.3, 0.4) is 0 Å². The molecule has 0 fully saturated rings. The van der Waals surface area contributed by atoms with Crippen LogP contribution >= 0.6 is 0 Å². The molecule has 1 aromatic heterocycles. The summed E-state index contributed by atoms with van der Waals surface area (Å²) in [5.74, 6) is -0.817. The second kappa shape index (κ2) is 7.53. The summed E-state index contributed by atoms with van der Waals surface area (Å²) >= 11 is 0. The van der Waals surface area contributed by atoms with Crippen LogP contribution in [-0.4, -0.2) is 21.6 Å². The second-order valence-corrected chi connectivity index (χ2v) is 5.17. The zero-order valence-electron chi connectivity index (χ0n) is 13.3. The molecule has 7 nitrogen and oxygen atoms in total.